The van der Waals surface area contributed by atoms with Crippen molar-refractivity contribution in [3.8, 4) is 22.6 Å². The van der Waals surface area contributed by atoms with Crippen LogP contribution in [0.3, 0.4) is 0 Å². The molecule has 0 spiro atoms. The molecule has 4 atom stereocenters. The molecule has 6 rings (SSSR count). The zero-order valence-corrected chi connectivity index (χ0v) is 27.9. The molecule has 3 amide bonds. The maximum atomic E-state index is 13.6. The highest BCUT2D eigenvalue weighted by molar-refractivity contribution is 5.96. The Balaban J connectivity index is 1.06. The van der Waals surface area contributed by atoms with Gasteiger partial charge in [-0.15, -0.1) is 0 Å². The van der Waals surface area contributed by atoms with Crippen LogP contribution in [0.15, 0.2) is 48.7 Å². The second kappa shape index (κ2) is 15.0. The van der Waals surface area contributed by atoms with Crippen molar-refractivity contribution in [1.29, 1.82) is 0 Å². The number of nitrogens with zero attached hydrogens (tertiary/aromatic N) is 3. The summed E-state index contributed by atoms with van der Waals surface area (Å²) in [5.41, 5.74) is 5.40. The van der Waals surface area contributed by atoms with Gasteiger partial charge in [-0.3, -0.25) is 19.3 Å². The SMILES string of the molecule is Cc1cc(-c2cnc(-c3ccc(CN4CCOCC4)cc3)[nH]2)ccc1C(=O)NC[C@H]1C[C@@H](NC(=O)[C@@H]2C[C@H](F)CN2)CN1C(=O)C(C)C. The van der Waals surface area contributed by atoms with Crippen molar-refractivity contribution in [3.05, 3.63) is 65.4 Å². The molecule has 4 heterocycles. The summed E-state index contributed by atoms with van der Waals surface area (Å²) in [7, 11) is 0. The molecular formula is C36H46FN7O4. The normalized spacial score (nSPS) is 23.1. The van der Waals surface area contributed by atoms with E-state index < -0.39 is 12.2 Å². The van der Waals surface area contributed by atoms with Crippen LogP contribution >= 0.6 is 0 Å². The minimum absolute atomic E-state index is 0.0304. The Labute approximate surface area is 281 Å². The average molecular weight is 660 g/mol. The van der Waals surface area contributed by atoms with Crippen LogP contribution in [0.1, 0.15) is 48.2 Å². The lowest BCUT2D eigenvalue weighted by Gasteiger charge is -2.26. The number of rotatable bonds is 10. The number of amides is 3. The smallest absolute Gasteiger partial charge is 0.251 e. The van der Waals surface area contributed by atoms with Crippen molar-refractivity contribution in [2.24, 2.45) is 5.92 Å². The van der Waals surface area contributed by atoms with Gasteiger partial charge in [-0.05, 0) is 42.2 Å². The molecule has 2 aromatic carbocycles. The fourth-order valence-electron chi connectivity index (χ4n) is 6.80. The van der Waals surface area contributed by atoms with Crippen LogP contribution in [0.4, 0.5) is 4.39 Å². The van der Waals surface area contributed by atoms with Gasteiger partial charge >= 0.3 is 0 Å². The Bertz CT molecular complexity index is 1600. The zero-order chi connectivity index (χ0) is 33.8. The van der Waals surface area contributed by atoms with E-state index in [9.17, 15) is 18.8 Å². The van der Waals surface area contributed by atoms with E-state index in [1.54, 1.807) is 11.1 Å². The Hall–Kier alpha value is -4.13. The second-order valence-corrected chi connectivity index (χ2v) is 13.5. The highest BCUT2D eigenvalue weighted by Crippen LogP contribution is 2.26. The van der Waals surface area contributed by atoms with Gasteiger partial charge in [-0.2, -0.15) is 0 Å². The molecule has 1 aromatic heterocycles. The summed E-state index contributed by atoms with van der Waals surface area (Å²) in [6, 6.07) is 13.0. The molecule has 3 aliphatic heterocycles. The van der Waals surface area contributed by atoms with Crippen LogP contribution in [-0.2, 0) is 20.9 Å². The van der Waals surface area contributed by atoms with E-state index in [1.807, 2.05) is 39.0 Å². The minimum Gasteiger partial charge on any atom is -0.379 e. The maximum Gasteiger partial charge on any atom is 0.251 e. The lowest BCUT2D eigenvalue weighted by molar-refractivity contribution is -0.135. The van der Waals surface area contributed by atoms with Crippen LogP contribution < -0.4 is 16.0 Å². The Morgan fingerprint density at radius 1 is 1.06 bits per heavy atom. The number of hydrogen-bond acceptors (Lipinski definition) is 7. The number of aromatic nitrogens is 2. The number of aromatic amines is 1. The third kappa shape index (κ3) is 7.94. The molecule has 48 heavy (non-hydrogen) atoms. The number of carbonyl (C=O) groups excluding carboxylic acids is 3. The van der Waals surface area contributed by atoms with Crippen LogP contribution in [0.25, 0.3) is 22.6 Å². The average Bonchev–Trinajstić information content (AvgIpc) is 3.84. The molecule has 3 fully saturated rings. The fraction of sp³-hybridized carbons (Fsp3) is 0.500. The highest BCUT2D eigenvalue weighted by atomic mass is 19.1. The van der Waals surface area contributed by atoms with Crippen molar-refractivity contribution in [3.63, 3.8) is 0 Å². The van der Waals surface area contributed by atoms with Gasteiger partial charge in [0.15, 0.2) is 0 Å². The first kappa shape index (κ1) is 33.8. The minimum atomic E-state index is -1.03. The van der Waals surface area contributed by atoms with Crippen molar-refractivity contribution < 1.29 is 23.5 Å². The van der Waals surface area contributed by atoms with E-state index in [0.717, 1.165) is 61.1 Å². The van der Waals surface area contributed by atoms with Gasteiger partial charge in [0.1, 0.15) is 12.0 Å². The monoisotopic (exact) mass is 659 g/mol. The van der Waals surface area contributed by atoms with Crippen molar-refractivity contribution in [1.82, 2.24) is 35.7 Å². The predicted molar refractivity (Wildman–Crippen MR) is 181 cm³/mol. The van der Waals surface area contributed by atoms with Crippen molar-refractivity contribution in [2.75, 3.05) is 45.9 Å². The Morgan fingerprint density at radius 3 is 2.50 bits per heavy atom. The van der Waals surface area contributed by atoms with Gasteiger partial charge in [-0.25, -0.2) is 9.37 Å². The summed E-state index contributed by atoms with van der Waals surface area (Å²) >= 11 is 0. The predicted octanol–water partition coefficient (Wildman–Crippen LogP) is 3.06. The lowest BCUT2D eigenvalue weighted by atomic mass is 10.0. The molecule has 3 aliphatic rings. The first-order chi connectivity index (χ1) is 23.1. The first-order valence-corrected chi connectivity index (χ1v) is 17.0. The van der Waals surface area contributed by atoms with E-state index in [-0.39, 0.29) is 55.2 Å². The number of nitrogens with one attached hydrogen (secondary N) is 4. The van der Waals surface area contributed by atoms with E-state index in [4.69, 9.17) is 4.74 Å². The number of halogens is 1. The van der Waals surface area contributed by atoms with Crippen LogP contribution in [-0.4, -0.2) is 108 Å². The largest absolute Gasteiger partial charge is 0.379 e. The molecule has 0 unspecified atom stereocenters. The number of imidazole rings is 1. The number of alkyl halides is 1. The number of aryl methyl sites for hydroxylation is 1. The van der Waals surface area contributed by atoms with Crippen LogP contribution in [0.5, 0.6) is 0 Å². The van der Waals surface area contributed by atoms with Gasteiger partial charge in [0.05, 0.1) is 37.2 Å². The summed E-state index contributed by atoms with van der Waals surface area (Å²) in [6.07, 6.45) is 1.43. The van der Waals surface area contributed by atoms with E-state index in [0.29, 0.717) is 18.5 Å². The van der Waals surface area contributed by atoms with Gasteiger partial charge < -0.3 is 30.6 Å². The quantitative estimate of drug-likeness (QED) is 0.263. The van der Waals surface area contributed by atoms with E-state index in [1.165, 1.54) is 5.56 Å². The standard InChI is InChI=1S/C36H46FN7O4/c1-22(2)36(47)44-21-28(41-35(46)31-15-27(37)17-38-31)16-29(44)18-40-34(45)30-9-8-26(14-23(30)3)32-19-39-33(42-32)25-6-4-24(5-7-25)20-43-10-12-48-13-11-43/h4-9,14,19,22,27-29,31,38H,10-13,15-18,20-21H2,1-3H3,(H,39,42)(H,40,45)(H,41,46)/t27-,28+,29+,31-/m0/s1. The van der Waals surface area contributed by atoms with E-state index in [2.05, 4.69) is 55.1 Å². The Morgan fingerprint density at radius 2 is 1.81 bits per heavy atom. The molecule has 0 saturated carbocycles. The molecule has 4 N–H and O–H groups in total. The number of morpholine rings is 1. The summed E-state index contributed by atoms with van der Waals surface area (Å²) in [5, 5.41) is 8.91. The third-order valence-corrected chi connectivity index (χ3v) is 9.52. The third-order valence-electron chi connectivity index (χ3n) is 9.52. The van der Waals surface area contributed by atoms with Gasteiger partial charge in [0.2, 0.25) is 11.8 Å². The number of ether oxygens (including phenoxy) is 1. The first-order valence-electron chi connectivity index (χ1n) is 17.0. The summed E-state index contributed by atoms with van der Waals surface area (Å²) < 4.78 is 19.1. The molecule has 12 heteroatoms. The summed E-state index contributed by atoms with van der Waals surface area (Å²) in [5.74, 6) is 0.0468. The number of carbonyl (C=O) groups is 3. The lowest BCUT2D eigenvalue weighted by Crippen LogP contribution is -2.47. The number of H-pyrrole nitrogens is 1. The fourth-order valence-corrected chi connectivity index (χ4v) is 6.80. The highest BCUT2D eigenvalue weighted by Gasteiger charge is 2.38. The summed E-state index contributed by atoms with van der Waals surface area (Å²) in [4.78, 5) is 51.2. The number of benzene rings is 2. The molecule has 3 saturated heterocycles. The molecule has 3 aromatic rings. The maximum absolute atomic E-state index is 13.6. The van der Waals surface area contributed by atoms with Gasteiger partial charge in [0, 0.05) is 68.8 Å². The van der Waals surface area contributed by atoms with Gasteiger partial charge in [0.25, 0.3) is 5.91 Å². The van der Waals surface area contributed by atoms with E-state index >= 15 is 0 Å². The van der Waals surface area contributed by atoms with Crippen molar-refractivity contribution >= 4 is 17.7 Å². The molecule has 0 bridgehead atoms. The zero-order valence-electron chi connectivity index (χ0n) is 27.9. The second-order valence-electron chi connectivity index (χ2n) is 13.5. The van der Waals surface area contributed by atoms with Crippen LogP contribution in [0, 0.1) is 12.8 Å². The Kier molecular flexibility index (Phi) is 10.5. The van der Waals surface area contributed by atoms with Crippen molar-refractivity contribution in [2.45, 2.75) is 64.5 Å². The molecule has 11 nitrogen and oxygen atoms in total. The van der Waals surface area contributed by atoms with Crippen LogP contribution in [0.2, 0.25) is 0 Å². The molecule has 0 radical (unpaired) electrons. The molecule has 0 aliphatic carbocycles. The number of likely N-dealkylation sites (tertiary alicyclic amines) is 1. The molecular weight excluding hydrogens is 613 g/mol. The molecule has 256 valence electrons. The summed E-state index contributed by atoms with van der Waals surface area (Å²) in [6.45, 7) is 10.7. The topological polar surface area (TPSA) is 132 Å². The van der Waals surface area contributed by atoms with Gasteiger partial charge in [-0.1, -0.05) is 44.2 Å². The number of hydrogen-bond donors (Lipinski definition) is 4.